The van der Waals surface area contributed by atoms with Crippen LogP contribution in [0.25, 0.3) is 0 Å². The minimum absolute atomic E-state index is 0.681. The summed E-state index contributed by atoms with van der Waals surface area (Å²) in [6.45, 7) is 4.02. The first kappa shape index (κ1) is 13.1. The topological polar surface area (TPSA) is 52.2 Å². The van der Waals surface area contributed by atoms with Crippen LogP contribution >= 0.6 is 0 Å². The third-order valence-electron chi connectivity index (χ3n) is 3.19. The van der Waals surface area contributed by atoms with E-state index in [4.69, 9.17) is 0 Å². The molecule has 0 saturated carbocycles. The molecule has 0 unspecified atom stereocenters. The van der Waals surface area contributed by atoms with Crippen LogP contribution in [-0.2, 0) is 4.79 Å². The smallest absolute Gasteiger partial charge is 0.0912 e. The van der Waals surface area contributed by atoms with Gasteiger partial charge in [0, 0.05) is 5.69 Å². The Morgan fingerprint density at radius 3 is 2.32 bits per heavy atom. The Labute approximate surface area is 112 Å². The Morgan fingerprint density at radius 2 is 1.74 bits per heavy atom. The Morgan fingerprint density at radius 1 is 1.05 bits per heavy atom. The highest BCUT2D eigenvalue weighted by atomic mass is 16.4. The molecule has 0 radical (unpaired) electrons. The van der Waals surface area contributed by atoms with Crippen molar-refractivity contribution >= 4 is 11.7 Å². The van der Waals surface area contributed by atoms with E-state index in [-0.39, 0.29) is 0 Å². The van der Waals surface area contributed by atoms with E-state index >= 15 is 0 Å². The summed E-state index contributed by atoms with van der Waals surface area (Å²) >= 11 is 0. The molecular weight excluding hydrogens is 238 g/mol. The molecular formula is C16H16NO2-. The van der Waals surface area contributed by atoms with Gasteiger partial charge in [-0.3, -0.25) is 0 Å². The van der Waals surface area contributed by atoms with Crippen LogP contribution in [0, 0.1) is 13.8 Å². The molecule has 0 heterocycles. The predicted molar refractivity (Wildman–Crippen MR) is 73.7 cm³/mol. The monoisotopic (exact) mass is 254 g/mol. The van der Waals surface area contributed by atoms with Gasteiger partial charge in [-0.05, 0) is 42.7 Å². The maximum atomic E-state index is 11.3. The number of carboxylic acids is 1. The van der Waals surface area contributed by atoms with Crippen molar-refractivity contribution < 1.29 is 9.90 Å². The molecule has 0 fully saturated rings. The minimum atomic E-state index is -1.13. The van der Waals surface area contributed by atoms with Crippen molar-refractivity contribution in [3.05, 3.63) is 65.2 Å². The number of hydrogen-bond donors (Lipinski definition) is 1. The van der Waals surface area contributed by atoms with Crippen molar-refractivity contribution in [2.45, 2.75) is 19.9 Å². The predicted octanol–water partition coefficient (Wildman–Crippen LogP) is 2.21. The Balaban J connectivity index is 2.27. The molecule has 3 heteroatoms. The molecule has 2 rings (SSSR count). The third-order valence-corrected chi connectivity index (χ3v) is 3.19. The molecule has 0 aromatic heterocycles. The number of anilines is 1. The van der Waals surface area contributed by atoms with E-state index in [0.29, 0.717) is 5.56 Å². The number of aliphatic carboxylic acids is 1. The van der Waals surface area contributed by atoms with E-state index < -0.39 is 12.0 Å². The first-order chi connectivity index (χ1) is 9.08. The lowest BCUT2D eigenvalue weighted by Crippen LogP contribution is -2.34. The second-order valence-electron chi connectivity index (χ2n) is 4.61. The van der Waals surface area contributed by atoms with Crippen LogP contribution in [-0.4, -0.2) is 5.97 Å². The summed E-state index contributed by atoms with van der Waals surface area (Å²) in [6, 6.07) is 14.0. The Bertz CT molecular complexity index is 579. The molecule has 1 atom stereocenters. The minimum Gasteiger partial charge on any atom is -0.548 e. The van der Waals surface area contributed by atoms with Gasteiger partial charge in [0.05, 0.1) is 12.0 Å². The average Bonchev–Trinajstić information content (AvgIpc) is 2.40. The molecule has 0 spiro atoms. The van der Waals surface area contributed by atoms with Gasteiger partial charge in [-0.1, -0.05) is 36.4 Å². The number of hydrogen-bond acceptors (Lipinski definition) is 3. The van der Waals surface area contributed by atoms with Crippen LogP contribution in [0.4, 0.5) is 5.69 Å². The van der Waals surface area contributed by atoms with Crippen molar-refractivity contribution in [1.82, 2.24) is 0 Å². The third kappa shape index (κ3) is 3.13. The van der Waals surface area contributed by atoms with Crippen molar-refractivity contribution in [2.24, 2.45) is 0 Å². The lowest BCUT2D eigenvalue weighted by atomic mass is 10.1. The molecule has 0 bridgehead atoms. The average molecular weight is 254 g/mol. The quantitative estimate of drug-likeness (QED) is 0.910. The van der Waals surface area contributed by atoms with E-state index in [2.05, 4.69) is 5.32 Å². The number of nitrogens with one attached hydrogen (secondary N) is 1. The molecule has 1 N–H and O–H groups in total. The summed E-state index contributed by atoms with van der Waals surface area (Å²) in [5.74, 6) is -1.13. The molecule has 0 aliphatic rings. The summed E-state index contributed by atoms with van der Waals surface area (Å²) < 4.78 is 0. The Kier molecular flexibility index (Phi) is 3.85. The maximum Gasteiger partial charge on any atom is 0.0912 e. The maximum absolute atomic E-state index is 11.3. The second-order valence-corrected chi connectivity index (χ2v) is 4.61. The zero-order valence-electron chi connectivity index (χ0n) is 11.0. The van der Waals surface area contributed by atoms with Gasteiger partial charge >= 0.3 is 0 Å². The van der Waals surface area contributed by atoms with E-state index in [0.717, 1.165) is 11.3 Å². The van der Waals surface area contributed by atoms with Crippen LogP contribution in [0.2, 0.25) is 0 Å². The molecule has 0 saturated heterocycles. The fraction of sp³-hybridized carbons (Fsp3) is 0.188. The number of carbonyl (C=O) groups excluding carboxylic acids is 1. The van der Waals surface area contributed by atoms with E-state index in [9.17, 15) is 9.90 Å². The van der Waals surface area contributed by atoms with Gasteiger partial charge in [0.15, 0.2) is 0 Å². The largest absolute Gasteiger partial charge is 0.548 e. The van der Waals surface area contributed by atoms with E-state index in [1.807, 2.05) is 50.2 Å². The SMILES string of the molecule is Cc1ccc(N[C@H](C(=O)[O-])c2ccccc2)cc1C. The standard InChI is InChI=1S/C16H17NO2/c1-11-8-9-14(10-12(11)2)17-15(16(18)19)13-6-4-3-5-7-13/h3-10,15,17H,1-2H3,(H,18,19)/p-1/t15-/m0/s1. The number of rotatable bonds is 4. The van der Waals surface area contributed by atoms with E-state index in [1.165, 1.54) is 5.56 Å². The highest BCUT2D eigenvalue weighted by molar-refractivity contribution is 5.77. The normalized spacial score (nSPS) is 11.9. The molecule has 3 nitrogen and oxygen atoms in total. The van der Waals surface area contributed by atoms with Crippen LogP contribution in [0.5, 0.6) is 0 Å². The Hall–Kier alpha value is -2.29. The zero-order valence-corrected chi connectivity index (χ0v) is 11.0. The summed E-state index contributed by atoms with van der Waals surface area (Å²) in [7, 11) is 0. The molecule has 2 aromatic carbocycles. The highest BCUT2D eigenvalue weighted by Crippen LogP contribution is 2.21. The molecule has 0 amide bonds. The fourth-order valence-corrected chi connectivity index (χ4v) is 1.92. The van der Waals surface area contributed by atoms with E-state index in [1.54, 1.807) is 12.1 Å². The molecule has 0 aliphatic carbocycles. The number of aryl methyl sites for hydroxylation is 2. The first-order valence-corrected chi connectivity index (χ1v) is 6.17. The lowest BCUT2D eigenvalue weighted by molar-refractivity contribution is -0.307. The highest BCUT2D eigenvalue weighted by Gasteiger charge is 2.12. The van der Waals surface area contributed by atoms with Gasteiger partial charge in [-0.25, -0.2) is 0 Å². The van der Waals surface area contributed by atoms with Gasteiger partial charge in [0.25, 0.3) is 0 Å². The van der Waals surface area contributed by atoms with Crippen LogP contribution in [0.1, 0.15) is 22.7 Å². The van der Waals surface area contributed by atoms with Crippen LogP contribution in [0.3, 0.4) is 0 Å². The number of carboxylic acid groups (broad SMARTS) is 1. The van der Waals surface area contributed by atoms with Gasteiger partial charge in [-0.2, -0.15) is 0 Å². The molecule has 98 valence electrons. The van der Waals surface area contributed by atoms with Crippen molar-refractivity contribution in [2.75, 3.05) is 5.32 Å². The van der Waals surface area contributed by atoms with Crippen molar-refractivity contribution in [3.8, 4) is 0 Å². The fourth-order valence-electron chi connectivity index (χ4n) is 1.92. The molecule has 19 heavy (non-hydrogen) atoms. The van der Waals surface area contributed by atoms with Gasteiger partial charge in [-0.15, -0.1) is 0 Å². The zero-order chi connectivity index (χ0) is 13.8. The van der Waals surface area contributed by atoms with Gasteiger partial charge in [0.2, 0.25) is 0 Å². The summed E-state index contributed by atoms with van der Waals surface area (Å²) in [4.78, 5) is 11.3. The number of carbonyl (C=O) groups is 1. The van der Waals surface area contributed by atoms with Crippen LogP contribution < -0.4 is 10.4 Å². The summed E-state index contributed by atoms with van der Waals surface area (Å²) in [6.07, 6.45) is 0. The summed E-state index contributed by atoms with van der Waals surface area (Å²) in [5.41, 5.74) is 3.76. The van der Waals surface area contributed by atoms with Crippen LogP contribution in [0.15, 0.2) is 48.5 Å². The van der Waals surface area contributed by atoms with Gasteiger partial charge in [0.1, 0.15) is 0 Å². The van der Waals surface area contributed by atoms with Gasteiger partial charge < -0.3 is 15.2 Å². The molecule has 2 aromatic rings. The first-order valence-electron chi connectivity index (χ1n) is 6.17. The second kappa shape index (κ2) is 5.57. The number of benzene rings is 2. The van der Waals surface area contributed by atoms with Crippen molar-refractivity contribution in [1.29, 1.82) is 0 Å². The summed E-state index contributed by atoms with van der Waals surface area (Å²) in [5, 5.41) is 14.3. The lowest BCUT2D eigenvalue weighted by Gasteiger charge is -2.21. The molecule has 0 aliphatic heterocycles. The van der Waals surface area contributed by atoms with Crippen molar-refractivity contribution in [3.63, 3.8) is 0 Å².